The fourth-order valence-electron chi connectivity index (χ4n) is 4.69. The topological polar surface area (TPSA) is 93.8 Å². The average molecular weight is 421 g/mol. The summed E-state index contributed by atoms with van der Waals surface area (Å²) >= 11 is 0. The van der Waals surface area contributed by atoms with E-state index < -0.39 is 17.8 Å². The summed E-state index contributed by atoms with van der Waals surface area (Å²) in [5, 5.41) is 29.4. The third kappa shape index (κ3) is 4.30. The number of piperidine rings is 1. The van der Waals surface area contributed by atoms with Gasteiger partial charge in [-0.25, -0.2) is 0 Å². The van der Waals surface area contributed by atoms with Crippen molar-refractivity contribution in [2.75, 3.05) is 13.1 Å². The number of benzene rings is 2. The van der Waals surface area contributed by atoms with E-state index >= 15 is 0 Å². The van der Waals surface area contributed by atoms with Gasteiger partial charge in [0.05, 0.1) is 23.8 Å². The predicted octanol–water partition coefficient (Wildman–Crippen LogP) is 3.28. The van der Waals surface area contributed by atoms with E-state index in [0.29, 0.717) is 61.2 Å². The Balaban J connectivity index is 1.44. The van der Waals surface area contributed by atoms with E-state index in [1.54, 1.807) is 25.1 Å². The highest BCUT2D eigenvalue weighted by Gasteiger charge is 2.43. The lowest BCUT2D eigenvalue weighted by Gasteiger charge is -2.46. The lowest BCUT2D eigenvalue weighted by molar-refractivity contribution is -0.0495. The smallest absolute Gasteiger partial charge is 0.253 e. The van der Waals surface area contributed by atoms with Crippen molar-refractivity contribution >= 4 is 5.91 Å². The van der Waals surface area contributed by atoms with E-state index in [1.807, 2.05) is 30.0 Å². The highest BCUT2D eigenvalue weighted by atomic mass is 16.5. The molecular weight excluding hydrogens is 392 g/mol. The molecule has 0 radical (unpaired) electrons. The van der Waals surface area contributed by atoms with Crippen LogP contribution in [0.15, 0.2) is 36.4 Å². The predicted molar refractivity (Wildman–Crippen MR) is 116 cm³/mol. The van der Waals surface area contributed by atoms with Crippen LogP contribution in [0.1, 0.15) is 64.9 Å². The fraction of sp³-hybridized carbons (Fsp3) is 0.440. The first kappa shape index (κ1) is 21.4. The minimum atomic E-state index is -0.677. The summed E-state index contributed by atoms with van der Waals surface area (Å²) in [6.07, 6.45) is 1.24. The van der Waals surface area contributed by atoms with Crippen LogP contribution in [0.25, 0.3) is 0 Å². The normalized spacial score (nSPS) is 20.5. The number of hydrogen-bond donors (Lipinski definition) is 2. The maximum absolute atomic E-state index is 13.0. The van der Waals surface area contributed by atoms with Crippen molar-refractivity contribution in [3.8, 4) is 11.8 Å². The summed E-state index contributed by atoms with van der Waals surface area (Å²) in [5.74, 6) is 0.624. The average Bonchev–Trinajstić information content (AvgIpc) is 2.75. The van der Waals surface area contributed by atoms with Gasteiger partial charge in [0.2, 0.25) is 0 Å². The van der Waals surface area contributed by atoms with Gasteiger partial charge in [0, 0.05) is 43.5 Å². The summed E-state index contributed by atoms with van der Waals surface area (Å²) in [6.45, 7) is 4.84. The molecule has 0 aliphatic carbocycles. The molecule has 1 amide bonds. The largest absolute Gasteiger partial charge is 0.487 e. The Hall–Kier alpha value is -2.88. The molecule has 2 aliphatic rings. The van der Waals surface area contributed by atoms with Gasteiger partial charge in [-0.15, -0.1) is 0 Å². The molecule has 6 heteroatoms. The van der Waals surface area contributed by atoms with Crippen LogP contribution in [-0.2, 0) is 6.42 Å². The van der Waals surface area contributed by atoms with Crippen molar-refractivity contribution in [2.45, 2.75) is 57.3 Å². The van der Waals surface area contributed by atoms with Gasteiger partial charge in [-0.1, -0.05) is 6.07 Å². The molecule has 2 unspecified atom stereocenters. The minimum Gasteiger partial charge on any atom is -0.487 e. The number of nitriles is 1. The van der Waals surface area contributed by atoms with Crippen molar-refractivity contribution in [2.24, 2.45) is 0 Å². The summed E-state index contributed by atoms with van der Waals surface area (Å²) in [5.41, 5.74) is 3.39. The summed E-state index contributed by atoms with van der Waals surface area (Å²) < 4.78 is 6.30. The molecular formula is C25H28N2O4. The van der Waals surface area contributed by atoms with Gasteiger partial charge in [0.1, 0.15) is 11.4 Å². The number of rotatable bonds is 3. The fourth-order valence-corrected chi connectivity index (χ4v) is 4.69. The number of hydrogen-bond acceptors (Lipinski definition) is 5. The standard InChI is InChI=1S/C25H28N2O4/c1-16-11-20(5-4-19(16)12-17(2)28)24(30)27-9-7-25(8-10-27)14-22(29)21-13-18(15-26)3-6-23(21)31-25/h3-6,11,13,17,22,28-29H,7-10,12,14H2,1-2H3. The zero-order valence-electron chi connectivity index (χ0n) is 18.0. The Bertz CT molecular complexity index is 1030. The molecule has 162 valence electrons. The molecule has 1 saturated heterocycles. The molecule has 2 aliphatic heterocycles. The third-order valence-electron chi connectivity index (χ3n) is 6.46. The molecule has 0 aromatic heterocycles. The maximum Gasteiger partial charge on any atom is 0.253 e. The molecule has 2 aromatic carbocycles. The number of ether oxygens (including phenoxy) is 1. The van der Waals surface area contributed by atoms with Gasteiger partial charge in [0.15, 0.2) is 0 Å². The lowest BCUT2D eigenvalue weighted by atomic mass is 9.81. The van der Waals surface area contributed by atoms with Crippen LogP contribution >= 0.6 is 0 Å². The van der Waals surface area contributed by atoms with Gasteiger partial charge >= 0.3 is 0 Å². The van der Waals surface area contributed by atoms with E-state index in [0.717, 1.165) is 11.1 Å². The Morgan fingerprint density at radius 3 is 2.68 bits per heavy atom. The Morgan fingerprint density at radius 2 is 2.03 bits per heavy atom. The molecule has 31 heavy (non-hydrogen) atoms. The van der Waals surface area contributed by atoms with Crippen LogP contribution in [0.5, 0.6) is 5.75 Å². The SMILES string of the molecule is Cc1cc(C(=O)N2CCC3(CC2)CC(O)c2cc(C#N)ccc2O3)ccc1CC(C)O. The number of aliphatic hydroxyl groups excluding tert-OH is 2. The number of carbonyl (C=O) groups is 1. The van der Waals surface area contributed by atoms with Crippen LogP contribution < -0.4 is 4.74 Å². The first-order chi connectivity index (χ1) is 14.8. The molecule has 0 saturated carbocycles. The summed E-state index contributed by atoms with van der Waals surface area (Å²) in [6, 6.07) is 12.9. The Kier molecular flexibility index (Phi) is 5.74. The number of aryl methyl sites for hydroxylation is 1. The maximum atomic E-state index is 13.0. The summed E-state index contributed by atoms with van der Waals surface area (Å²) in [4.78, 5) is 14.9. The van der Waals surface area contributed by atoms with E-state index in [4.69, 9.17) is 10.00 Å². The number of fused-ring (bicyclic) bond motifs is 1. The van der Waals surface area contributed by atoms with Crippen molar-refractivity contribution in [1.29, 1.82) is 5.26 Å². The quantitative estimate of drug-likeness (QED) is 0.795. The van der Waals surface area contributed by atoms with E-state index in [2.05, 4.69) is 6.07 Å². The molecule has 2 heterocycles. The first-order valence-corrected chi connectivity index (χ1v) is 10.8. The van der Waals surface area contributed by atoms with Crippen LogP contribution in [0.4, 0.5) is 0 Å². The molecule has 2 N–H and O–H groups in total. The van der Waals surface area contributed by atoms with Gasteiger partial charge < -0.3 is 19.8 Å². The second-order valence-electron chi connectivity index (χ2n) is 8.86. The molecule has 6 nitrogen and oxygen atoms in total. The summed E-state index contributed by atoms with van der Waals surface area (Å²) in [7, 11) is 0. The number of likely N-dealkylation sites (tertiary alicyclic amines) is 1. The second kappa shape index (κ2) is 8.33. The van der Waals surface area contributed by atoms with Crippen LogP contribution in [-0.4, -0.2) is 45.8 Å². The number of amides is 1. The molecule has 2 atom stereocenters. The van der Waals surface area contributed by atoms with Crippen LogP contribution in [0.3, 0.4) is 0 Å². The zero-order valence-corrected chi connectivity index (χ0v) is 18.0. The monoisotopic (exact) mass is 420 g/mol. The van der Waals surface area contributed by atoms with Crippen molar-refractivity contribution in [3.63, 3.8) is 0 Å². The first-order valence-electron chi connectivity index (χ1n) is 10.8. The zero-order chi connectivity index (χ0) is 22.2. The van der Waals surface area contributed by atoms with Gasteiger partial charge in [0.25, 0.3) is 5.91 Å². The Labute approximate surface area is 182 Å². The molecule has 4 rings (SSSR count). The molecule has 0 bridgehead atoms. The van der Waals surface area contributed by atoms with Crippen LogP contribution in [0, 0.1) is 18.3 Å². The second-order valence-corrected chi connectivity index (χ2v) is 8.86. The molecule has 2 aromatic rings. The van der Waals surface area contributed by atoms with E-state index in [-0.39, 0.29) is 5.91 Å². The lowest BCUT2D eigenvalue weighted by Crippen LogP contribution is -2.51. The highest BCUT2D eigenvalue weighted by Crippen LogP contribution is 2.44. The number of aliphatic hydroxyl groups is 2. The van der Waals surface area contributed by atoms with Crippen LogP contribution in [0.2, 0.25) is 0 Å². The van der Waals surface area contributed by atoms with Gasteiger partial charge in [-0.3, -0.25) is 4.79 Å². The van der Waals surface area contributed by atoms with Gasteiger partial charge in [-0.05, 0) is 61.7 Å². The highest BCUT2D eigenvalue weighted by molar-refractivity contribution is 5.94. The number of carbonyl (C=O) groups excluding carboxylic acids is 1. The third-order valence-corrected chi connectivity index (χ3v) is 6.46. The van der Waals surface area contributed by atoms with Crippen molar-refractivity contribution in [3.05, 3.63) is 64.2 Å². The van der Waals surface area contributed by atoms with E-state index in [1.165, 1.54) is 0 Å². The molecule has 1 fully saturated rings. The minimum absolute atomic E-state index is 0.00281. The Morgan fingerprint density at radius 1 is 1.29 bits per heavy atom. The van der Waals surface area contributed by atoms with Gasteiger partial charge in [-0.2, -0.15) is 5.26 Å². The van der Waals surface area contributed by atoms with E-state index in [9.17, 15) is 15.0 Å². The van der Waals surface area contributed by atoms with Crippen molar-refractivity contribution in [1.82, 2.24) is 4.90 Å². The van der Waals surface area contributed by atoms with Crippen molar-refractivity contribution < 1.29 is 19.7 Å². The number of nitrogens with zero attached hydrogens (tertiary/aromatic N) is 2. The molecule has 1 spiro atoms.